The first kappa shape index (κ1) is 33.4. The van der Waals surface area contributed by atoms with E-state index in [1.165, 1.54) is 76.2 Å². The molecule has 1 atom stereocenters. The predicted molar refractivity (Wildman–Crippen MR) is 130 cm³/mol. The van der Waals surface area contributed by atoms with E-state index in [0.717, 1.165) is 17.1 Å². The summed E-state index contributed by atoms with van der Waals surface area (Å²) in [7, 11) is 8.52. The Morgan fingerprint density at radius 2 is 1.21 bits per heavy atom. The van der Waals surface area contributed by atoms with Crippen LogP contribution in [0.1, 0.15) is 90.0 Å². The second-order valence-electron chi connectivity index (χ2n) is 8.74. The van der Waals surface area contributed by atoms with E-state index in [1.807, 2.05) is 14.1 Å². The summed E-state index contributed by atoms with van der Waals surface area (Å²) in [6, 6.07) is 11.7. The summed E-state index contributed by atoms with van der Waals surface area (Å²) >= 11 is 0. The summed E-state index contributed by atoms with van der Waals surface area (Å²) in [6.45, 7) is 5.86. The Bertz CT molecular complexity index is 424. The fraction of sp³-hybridized carbons (Fsp3) is 0.760. The molecule has 2 nitrogen and oxygen atoms in total. The number of nitrogens with one attached hydrogen (secondary N) is 1. The molecule has 0 bridgehead atoms. The lowest BCUT2D eigenvalue weighted by molar-refractivity contribution is -0.926. The molecular formula is C25H50Cl2N2. The van der Waals surface area contributed by atoms with Gasteiger partial charge in [-0.2, -0.15) is 0 Å². The maximum atomic E-state index is 2.75. The third-order valence-corrected chi connectivity index (χ3v) is 5.60. The van der Waals surface area contributed by atoms with Crippen LogP contribution in [0.15, 0.2) is 30.3 Å². The van der Waals surface area contributed by atoms with E-state index in [9.17, 15) is 0 Å². The van der Waals surface area contributed by atoms with E-state index in [4.69, 9.17) is 0 Å². The smallest absolute Gasteiger partial charge is 0.104 e. The Kier molecular flexibility index (Phi) is 25.8. The van der Waals surface area contributed by atoms with Gasteiger partial charge >= 0.3 is 0 Å². The number of nitrogens with zero attached hydrogens (tertiary/aromatic N) is 1. The molecule has 1 unspecified atom stereocenters. The largest absolute Gasteiger partial charge is 1.00 e. The summed E-state index contributed by atoms with van der Waals surface area (Å²) in [5, 5.41) is 2.75. The minimum atomic E-state index is 0. The van der Waals surface area contributed by atoms with Crippen molar-refractivity contribution < 1.29 is 16.9 Å². The molecule has 0 aliphatic heterocycles. The molecule has 174 valence electrons. The molecule has 0 aromatic heterocycles. The molecule has 0 radical (unpaired) electrons. The highest BCUT2D eigenvalue weighted by atomic mass is 35.5. The average molecular weight is 450 g/mol. The lowest BCUT2D eigenvalue weighted by Gasteiger charge is -2.36. The molecule has 0 fully saturated rings. The molecule has 0 saturated heterocycles. The van der Waals surface area contributed by atoms with Crippen LogP contribution in [0.25, 0.3) is 0 Å². The molecule has 0 amide bonds. The number of rotatable bonds is 14. The van der Waals surface area contributed by atoms with Crippen LogP contribution in [-0.4, -0.2) is 38.7 Å². The van der Waals surface area contributed by atoms with E-state index < -0.39 is 0 Å². The average Bonchev–Trinajstić information content (AvgIpc) is 2.64. The van der Waals surface area contributed by atoms with Gasteiger partial charge in [-0.25, -0.2) is 0 Å². The highest BCUT2D eigenvalue weighted by molar-refractivity contribution is 5.85. The number of benzene rings is 1. The van der Waals surface area contributed by atoms with Gasteiger partial charge in [-0.1, -0.05) is 95.0 Å². The van der Waals surface area contributed by atoms with Crippen LogP contribution in [0.2, 0.25) is 0 Å². The Balaban J connectivity index is -0.00000127. The second kappa shape index (κ2) is 22.4. The number of hydrogen-bond donors (Lipinski definition) is 1. The Morgan fingerprint density at radius 1 is 0.793 bits per heavy atom. The molecule has 0 aliphatic carbocycles. The van der Waals surface area contributed by atoms with Crippen LogP contribution < -0.4 is 17.7 Å². The van der Waals surface area contributed by atoms with Crippen molar-refractivity contribution >= 4 is 12.4 Å². The van der Waals surface area contributed by atoms with Gasteiger partial charge < -0.3 is 22.2 Å². The molecule has 0 spiro atoms. The maximum absolute atomic E-state index is 2.75. The predicted octanol–water partition coefficient (Wildman–Crippen LogP) is 4.22. The van der Waals surface area contributed by atoms with Gasteiger partial charge in [-0.3, -0.25) is 0 Å². The number of quaternary nitrogens is 1. The second-order valence-corrected chi connectivity index (χ2v) is 8.74. The van der Waals surface area contributed by atoms with Crippen molar-refractivity contribution in [3.63, 3.8) is 0 Å². The van der Waals surface area contributed by atoms with Crippen molar-refractivity contribution in [1.29, 1.82) is 0 Å². The quantitative estimate of drug-likeness (QED) is 0.331. The zero-order valence-electron chi connectivity index (χ0n) is 20.2. The Hall–Kier alpha value is -0.280. The third kappa shape index (κ3) is 19.4. The van der Waals surface area contributed by atoms with Gasteiger partial charge in [0.05, 0.1) is 20.1 Å². The van der Waals surface area contributed by atoms with E-state index >= 15 is 0 Å². The third-order valence-electron chi connectivity index (χ3n) is 5.60. The maximum Gasteiger partial charge on any atom is 0.104 e. The zero-order chi connectivity index (χ0) is 20.4. The normalized spacial score (nSPS) is 11.5. The minimum Gasteiger partial charge on any atom is -1.00 e. The topological polar surface area (TPSA) is 12.0 Å². The lowest BCUT2D eigenvalue weighted by atomic mass is 10.0. The van der Waals surface area contributed by atoms with Gasteiger partial charge in [-0.15, -0.1) is 12.4 Å². The molecule has 1 N–H and O–H groups in total. The first-order chi connectivity index (χ1) is 13.0. The molecule has 29 heavy (non-hydrogen) atoms. The molecule has 0 saturated carbocycles. The molecule has 1 aromatic rings. The molecule has 1 rings (SSSR count). The first-order valence-corrected chi connectivity index (χ1v) is 11.4. The fourth-order valence-electron chi connectivity index (χ4n) is 3.49. The summed E-state index contributed by atoms with van der Waals surface area (Å²) in [6.07, 6.45) is 15.7. The molecule has 0 heterocycles. The van der Waals surface area contributed by atoms with Gasteiger partial charge in [-0.05, 0) is 33.9 Å². The van der Waals surface area contributed by atoms with Gasteiger partial charge in [0.2, 0.25) is 0 Å². The van der Waals surface area contributed by atoms with Gasteiger partial charge in [0.1, 0.15) is 6.54 Å². The van der Waals surface area contributed by atoms with Crippen molar-refractivity contribution in [2.75, 3.05) is 28.2 Å². The molecule has 4 heteroatoms. The van der Waals surface area contributed by atoms with E-state index in [2.05, 4.69) is 63.6 Å². The van der Waals surface area contributed by atoms with Crippen molar-refractivity contribution in [2.24, 2.45) is 0 Å². The van der Waals surface area contributed by atoms with Gasteiger partial charge in [0.25, 0.3) is 0 Å². The van der Waals surface area contributed by atoms with E-state index in [1.54, 1.807) is 0 Å². The van der Waals surface area contributed by atoms with Crippen LogP contribution in [0.5, 0.6) is 0 Å². The van der Waals surface area contributed by atoms with Gasteiger partial charge in [0.15, 0.2) is 0 Å². The first-order valence-electron chi connectivity index (χ1n) is 11.4. The summed E-state index contributed by atoms with van der Waals surface area (Å²) < 4.78 is 1.10. The number of unbranched alkanes of at least 4 members (excludes halogenated alkanes) is 9. The van der Waals surface area contributed by atoms with E-state index in [-0.39, 0.29) is 24.8 Å². The SMILES string of the molecule is CCCCCCCCCCCCC(C)[N+](C)(C)Cc1ccccc1.CNC.Cl.[Cl-]. The van der Waals surface area contributed by atoms with Crippen LogP contribution in [0.4, 0.5) is 0 Å². The molecular weight excluding hydrogens is 399 g/mol. The number of halogens is 2. The Labute approximate surface area is 195 Å². The van der Waals surface area contributed by atoms with Crippen molar-refractivity contribution in [2.45, 2.75) is 97.1 Å². The van der Waals surface area contributed by atoms with Crippen LogP contribution >= 0.6 is 12.4 Å². The van der Waals surface area contributed by atoms with Gasteiger partial charge in [0, 0.05) is 5.56 Å². The van der Waals surface area contributed by atoms with Crippen molar-refractivity contribution in [3.8, 4) is 0 Å². The molecule has 0 aliphatic rings. The molecule has 1 aromatic carbocycles. The minimum absolute atomic E-state index is 0. The Morgan fingerprint density at radius 3 is 1.66 bits per heavy atom. The fourth-order valence-corrected chi connectivity index (χ4v) is 3.49. The van der Waals surface area contributed by atoms with Crippen LogP contribution in [0, 0.1) is 0 Å². The highest BCUT2D eigenvalue weighted by Crippen LogP contribution is 2.19. The van der Waals surface area contributed by atoms with Crippen molar-refractivity contribution in [3.05, 3.63) is 35.9 Å². The van der Waals surface area contributed by atoms with Crippen LogP contribution in [-0.2, 0) is 6.54 Å². The standard InChI is InChI=1S/C23H42N.C2H7N.2ClH/c1-5-6-7-8-9-10-11-12-13-15-18-22(2)24(3,4)21-23-19-16-14-17-20-23;1-3-2;;/h14,16-17,19-20,22H,5-13,15,18,21H2,1-4H3;3H,1-2H3;2*1H/q+1;;;/p-1. The summed E-state index contributed by atoms with van der Waals surface area (Å²) in [5.41, 5.74) is 1.46. The lowest BCUT2D eigenvalue weighted by Crippen LogP contribution is -3.00. The highest BCUT2D eigenvalue weighted by Gasteiger charge is 2.23. The monoisotopic (exact) mass is 448 g/mol. The number of hydrogen-bond acceptors (Lipinski definition) is 1. The van der Waals surface area contributed by atoms with Crippen LogP contribution in [0.3, 0.4) is 0 Å². The summed E-state index contributed by atoms with van der Waals surface area (Å²) in [5.74, 6) is 0. The summed E-state index contributed by atoms with van der Waals surface area (Å²) in [4.78, 5) is 0. The van der Waals surface area contributed by atoms with Crippen molar-refractivity contribution in [1.82, 2.24) is 5.32 Å². The zero-order valence-corrected chi connectivity index (χ0v) is 21.8. The van der Waals surface area contributed by atoms with E-state index in [0.29, 0.717) is 0 Å².